The van der Waals surface area contributed by atoms with E-state index in [9.17, 15) is 9.59 Å². The van der Waals surface area contributed by atoms with Gasteiger partial charge in [0.15, 0.2) is 11.6 Å². The molecule has 3 rings (SSSR count). The number of carbonyl (C=O) groups excluding carboxylic acids is 2. The fourth-order valence-corrected chi connectivity index (χ4v) is 4.21. The quantitative estimate of drug-likeness (QED) is 0.385. The number of anilines is 2. The van der Waals surface area contributed by atoms with E-state index in [1.165, 1.54) is 18.3 Å². The van der Waals surface area contributed by atoms with E-state index in [4.69, 9.17) is 14.9 Å². The second-order valence-corrected chi connectivity index (χ2v) is 9.75. The number of halogens is 2. The first-order valence-electron chi connectivity index (χ1n) is 12.8. The number of nitrogens with one attached hydrogen (secondary N) is 1. The Labute approximate surface area is 226 Å². The van der Waals surface area contributed by atoms with Crippen LogP contribution in [0.4, 0.5) is 20.2 Å². The first-order valence-corrected chi connectivity index (χ1v) is 12.8. The summed E-state index contributed by atoms with van der Waals surface area (Å²) in [7, 11) is 1.66. The molecule has 1 aliphatic heterocycles. The van der Waals surface area contributed by atoms with Crippen LogP contribution in [-0.4, -0.2) is 85.9 Å². The third-order valence-corrected chi connectivity index (χ3v) is 6.22. The monoisotopic (exact) mass is 546 g/mol. The topological polar surface area (TPSA) is 104 Å². The number of nitrogens with zero attached hydrogens (tertiary/aromatic N) is 5. The van der Waals surface area contributed by atoms with E-state index in [0.717, 1.165) is 0 Å². The zero-order valence-electron chi connectivity index (χ0n) is 22.6. The highest BCUT2D eigenvalue weighted by Gasteiger charge is 2.26. The second-order valence-electron chi connectivity index (χ2n) is 9.75. The lowest BCUT2D eigenvalue weighted by atomic mass is 10.2. The summed E-state index contributed by atoms with van der Waals surface area (Å²) < 4.78 is 42.4. The van der Waals surface area contributed by atoms with Gasteiger partial charge in [0.2, 0.25) is 5.91 Å². The highest BCUT2D eigenvalue weighted by Crippen LogP contribution is 2.29. The summed E-state index contributed by atoms with van der Waals surface area (Å²) in [6, 6.07) is 2.51. The van der Waals surface area contributed by atoms with Gasteiger partial charge in [0.25, 0.3) is 6.47 Å². The molecule has 2 heterocycles. The van der Waals surface area contributed by atoms with Crippen LogP contribution in [0.5, 0.6) is 0 Å². The van der Waals surface area contributed by atoms with E-state index in [0.29, 0.717) is 37.8 Å². The smallest absolute Gasteiger partial charge is 0.293 e. The van der Waals surface area contributed by atoms with Crippen LogP contribution < -0.4 is 15.3 Å². The Kier molecular flexibility index (Phi) is 11.0. The molecular formula is C27H36F2N6O4. The third kappa shape index (κ3) is 8.60. The summed E-state index contributed by atoms with van der Waals surface area (Å²) >= 11 is 0. The minimum absolute atomic E-state index is 0.102. The molecule has 1 N–H and O–H groups in total. The summed E-state index contributed by atoms with van der Waals surface area (Å²) in [5, 5.41) is 7.77. The number of rotatable bonds is 13. The van der Waals surface area contributed by atoms with Gasteiger partial charge in [0.1, 0.15) is 17.3 Å². The number of likely N-dealkylation sites (N-methyl/N-ethyl adjacent to an activating group) is 1. The van der Waals surface area contributed by atoms with Gasteiger partial charge in [-0.25, -0.2) is 8.78 Å². The van der Waals surface area contributed by atoms with Crippen molar-refractivity contribution < 1.29 is 27.8 Å². The van der Waals surface area contributed by atoms with E-state index in [2.05, 4.69) is 4.98 Å². The molecule has 39 heavy (non-hydrogen) atoms. The first-order chi connectivity index (χ1) is 18.7. The number of ether oxygens (including phenoxy) is 2. The number of carbonyl (C=O) groups is 2. The zero-order chi connectivity index (χ0) is 28.4. The molecule has 0 saturated carbocycles. The van der Waals surface area contributed by atoms with E-state index < -0.39 is 17.7 Å². The van der Waals surface area contributed by atoms with Crippen LogP contribution in [0.3, 0.4) is 0 Å². The predicted octanol–water partition coefficient (Wildman–Crippen LogP) is 2.50. The Morgan fingerprint density at radius 1 is 1.18 bits per heavy atom. The molecule has 1 amide bonds. The van der Waals surface area contributed by atoms with Gasteiger partial charge in [-0.15, -0.1) is 0 Å². The minimum atomic E-state index is -0.705. The maximum atomic E-state index is 15.1. The van der Waals surface area contributed by atoms with Gasteiger partial charge >= 0.3 is 0 Å². The van der Waals surface area contributed by atoms with E-state index in [1.807, 2.05) is 13.8 Å². The van der Waals surface area contributed by atoms with Crippen LogP contribution in [-0.2, 0) is 19.1 Å². The number of piperazine rings is 1. The molecule has 1 fully saturated rings. The average Bonchev–Trinajstić information content (AvgIpc) is 2.89. The summed E-state index contributed by atoms with van der Waals surface area (Å²) in [5.41, 5.74) is 0.374. The molecule has 2 aromatic rings. The summed E-state index contributed by atoms with van der Waals surface area (Å²) in [4.78, 5) is 32.2. The summed E-state index contributed by atoms with van der Waals surface area (Å²) in [5.74, 6) is -1.19. The predicted molar refractivity (Wildman–Crippen MR) is 143 cm³/mol. The number of amides is 1. The lowest BCUT2D eigenvalue weighted by Gasteiger charge is -2.36. The van der Waals surface area contributed by atoms with Crippen molar-refractivity contribution in [2.45, 2.75) is 26.4 Å². The molecule has 1 saturated heterocycles. The van der Waals surface area contributed by atoms with Gasteiger partial charge in [0, 0.05) is 70.5 Å². The van der Waals surface area contributed by atoms with Crippen molar-refractivity contribution in [3.05, 3.63) is 53.9 Å². The average molecular weight is 547 g/mol. The molecule has 0 aliphatic carbocycles. The fourth-order valence-electron chi connectivity index (χ4n) is 4.21. The highest BCUT2D eigenvalue weighted by atomic mass is 19.1. The largest absolute Gasteiger partial charge is 0.460 e. The van der Waals surface area contributed by atoms with Crippen molar-refractivity contribution in [2.24, 2.45) is 5.92 Å². The maximum Gasteiger partial charge on any atom is 0.293 e. The Morgan fingerprint density at radius 2 is 1.87 bits per heavy atom. The lowest BCUT2D eigenvalue weighted by molar-refractivity contribution is -0.136. The second kappa shape index (κ2) is 14.4. The molecule has 1 aromatic carbocycles. The first kappa shape index (κ1) is 29.8. The maximum absolute atomic E-state index is 15.1. The van der Waals surface area contributed by atoms with Crippen molar-refractivity contribution in [3.8, 4) is 0 Å². The molecule has 1 aliphatic rings. The van der Waals surface area contributed by atoms with Crippen molar-refractivity contribution >= 4 is 30.0 Å². The van der Waals surface area contributed by atoms with E-state index in [1.54, 1.807) is 51.0 Å². The standard InChI is InChI=1S/C27H36F2N6O4/c1-20(2)17-38-18-22(39-19-36)16-32(3)21-13-23(28)27(24(29)14-21)35-11-9-34(10-12-35)26(37)5-4-7-33-8-6-31-15-25(33)30/h4,6-8,13-15,19-20,22,30H,5,9-12,16-18H2,1-3H3/b7-4+,30-25?. The third-order valence-electron chi connectivity index (χ3n) is 6.22. The Balaban J connectivity index is 1.56. The van der Waals surface area contributed by atoms with Gasteiger partial charge in [-0.2, -0.15) is 0 Å². The molecule has 0 bridgehead atoms. The molecule has 1 aromatic heterocycles. The van der Waals surface area contributed by atoms with Crippen molar-refractivity contribution in [3.63, 3.8) is 0 Å². The highest BCUT2D eigenvalue weighted by molar-refractivity contribution is 5.78. The summed E-state index contributed by atoms with van der Waals surface area (Å²) in [6.45, 7) is 6.48. The SMILES string of the molecule is CC(C)COCC(CN(C)c1cc(F)c(N2CCN(C(=O)C/C=C/n3ccncc3=N)CC2)c(F)c1)OC=O. The minimum Gasteiger partial charge on any atom is -0.460 e. The summed E-state index contributed by atoms with van der Waals surface area (Å²) in [6.07, 6.45) is 7.43. The van der Waals surface area contributed by atoms with E-state index >= 15 is 8.78 Å². The molecule has 1 atom stereocenters. The van der Waals surface area contributed by atoms with Gasteiger partial charge in [0.05, 0.1) is 19.3 Å². The van der Waals surface area contributed by atoms with E-state index in [-0.39, 0.29) is 49.7 Å². The van der Waals surface area contributed by atoms with Gasteiger partial charge in [-0.1, -0.05) is 19.9 Å². The number of benzene rings is 1. The molecule has 12 heteroatoms. The number of aromatic nitrogens is 2. The molecule has 10 nitrogen and oxygen atoms in total. The number of hydrogen-bond acceptors (Lipinski definition) is 8. The van der Waals surface area contributed by atoms with Crippen LogP contribution in [0, 0.1) is 23.0 Å². The number of hydrogen-bond donors (Lipinski definition) is 1. The lowest BCUT2D eigenvalue weighted by Crippen LogP contribution is -2.49. The molecule has 212 valence electrons. The van der Waals surface area contributed by atoms with Crippen molar-refractivity contribution in [2.75, 3.05) is 62.8 Å². The van der Waals surface area contributed by atoms with Crippen LogP contribution in [0.15, 0.2) is 36.8 Å². The van der Waals surface area contributed by atoms with Crippen LogP contribution in [0.2, 0.25) is 0 Å². The normalized spacial score (nSPS) is 14.6. The van der Waals surface area contributed by atoms with Gasteiger partial charge < -0.3 is 28.7 Å². The van der Waals surface area contributed by atoms with Crippen molar-refractivity contribution in [1.82, 2.24) is 14.5 Å². The Bertz CT molecular complexity index is 1170. The Hall–Kier alpha value is -3.80. The van der Waals surface area contributed by atoms with Gasteiger partial charge in [-0.3, -0.25) is 20.0 Å². The van der Waals surface area contributed by atoms with Crippen molar-refractivity contribution in [1.29, 1.82) is 5.41 Å². The van der Waals surface area contributed by atoms with Crippen LogP contribution >= 0.6 is 0 Å². The van der Waals surface area contributed by atoms with Crippen LogP contribution in [0.1, 0.15) is 20.3 Å². The zero-order valence-corrected chi connectivity index (χ0v) is 22.6. The molecular weight excluding hydrogens is 510 g/mol. The molecule has 0 radical (unpaired) electrons. The Morgan fingerprint density at radius 3 is 2.49 bits per heavy atom. The molecule has 1 unspecified atom stereocenters. The molecule has 0 spiro atoms. The van der Waals surface area contributed by atoms with Crippen LogP contribution in [0.25, 0.3) is 6.20 Å². The van der Waals surface area contributed by atoms with Gasteiger partial charge in [-0.05, 0) is 18.1 Å². The fraction of sp³-hybridized carbons (Fsp3) is 0.481.